The molecule has 0 fully saturated rings. The Hall–Kier alpha value is -3.72. The van der Waals surface area contributed by atoms with Crippen molar-refractivity contribution in [2.45, 2.75) is 32.9 Å². The summed E-state index contributed by atoms with van der Waals surface area (Å²) in [6.45, 7) is 5.70. The van der Waals surface area contributed by atoms with E-state index in [-0.39, 0.29) is 19.6 Å². The maximum Gasteiger partial charge on any atom is 0.407 e. The third kappa shape index (κ3) is 4.90. The average Bonchev–Trinajstić information content (AvgIpc) is 3.14. The molecule has 182 valence electrons. The smallest absolute Gasteiger partial charge is 0.407 e. The summed E-state index contributed by atoms with van der Waals surface area (Å²) in [6, 6.07) is 11.5. The maximum absolute atomic E-state index is 14.7. The second-order valence-electron chi connectivity index (χ2n) is 9.08. The fraction of sp³-hybridized carbons (Fsp3) is 0.280. The Morgan fingerprint density at radius 1 is 1.20 bits per heavy atom. The zero-order valence-electron chi connectivity index (χ0n) is 19.5. The molecule has 2 amide bonds. The number of nitrogens with zero attached hydrogens (tertiary/aromatic N) is 4. The number of aliphatic imine (C=N–C) groups is 1. The molecule has 1 aromatic heterocycles. The van der Waals surface area contributed by atoms with Gasteiger partial charge in [0.15, 0.2) is 0 Å². The zero-order valence-corrected chi connectivity index (χ0v) is 20.3. The van der Waals surface area contributed by atoms with E-state index in [2.05, 4.69) is 15.4 Å². The molecule has 10 heteroatoms. The van der Waals surface area contributed by atoms with Crippen molar-refractivity contribution >= 4 is 29.3 Å². The van der Waals surface area contributed by atoms with Gasteiger partial charge in [0.1, 0.15) is 5.82 Å². The van der Waals surface area contributed by atoms with Crippen molar-refractivity contribution < 1.29 is 19.1 Å². The Morgan fingerprint density at radius 3 is 2.63 bits per heavy atom. The summed E-state index contributed by atoms with van der Waals surface area (Å²) in [5.41, 5.74) is 2.19. The van der Waals surface area contributed by atoms with Crippen LogP contribution in [0.1, 0.15) is 48.0 Å². The molecule has 4 rings (SSSR count). The van der Waals surface area contributed by atoms with Gasteiger partial charge in [0.2, 0.25) is 0 Å². The van der Waals surface area contributed by atoms with E-state index >= 15 is 0 Å². The largest absolute Gasteiger partial charge is 0.465 e. The first-order valence-corrected chi connectivity index (χ1v) is 11.4. The highest BCUT2D eigenvalue weighted by atomic mass is 35.5. The first kappa shape index (κ1) is 24.4. The molecule has 2 N–H and O–H groups in total. The van der Waals surface area contributed by atoms with Gasteiger partial charge in [-0.05, 0) is 51.1 Å². The lowest BCUT2D eigenvalue weighted by atomic mass is 10.00. The van der Waals surface area contributed by atoms with Gasteiger partial charge in [-0.3, -0.25) is 9.79 Å². The Bertz CT molecular complexity index is 1330. The molecule has 0 atom stereocenters. The van der Waals surface area contributed by atoms with Crippen LogP contribution in [0.4, 0.5) is 9.18 Å². The van der Waals surface area contributed by atoms with E-state index in [9.17, 15) is 19.1 Å². The van der Waals surface area contributed by atoms with Crippen molar-refractivity contribution in [2.75, 3.05) is 13.1 Å². The van der Waals surface area contributed by atoms with E-state index < -0.39 is 23.4 Å². The minimum atomic E-state index is -1.06. The first-order valence-electron chi connectivity index (χ1n) is 11.0. The van der Waals surface area contributed by atoms with Crippen LogP contribution >= 0.6 is 11.6 Å². The lowest BCUT2D eigenvalue weighted by Crippen LogP contribution is -2.48. The van der Waals surface area contributed by atoms with Crippen LogP contribution in [0.2, 0.25) is 5.02 Å². The molecular formula is C25H25ClFN5O3. The van der Waals surface area contributed by atoms with Gasteiger partial charge < -0.3 is 15.3 Å². The average molecular weight is 498 g/mol. The van der Waals surface area contributed by atoms with E-state index in [0.29, 0.717) is 38.8 Å². The molecule has 0 saturated carbocycles. The third-order valence-corrected chi connectivity index (χ3v) is 5.97. The molecule has 0 aliphatic carbocycles. The summed E-state index contributed by atoms with van der Waals surface area (Å²) in [7, 11) is 0. The molecule has 2 aromatic carbocycles. The Labute approximate surface area is 207 Å². The molecule has 0 radical (unpaired) electrons. The van der Waals surface area contributed by atoms with Gasteiger partial charge >= 0.3 is 6.09 Å². The normalized spacial score (nSPS) is 12.8. The molecule has 2 heterocycles. The van der Waals surface area contributed by atoms with Crippen molar-refractivity contribution in [2.24, 2.45) is 4.99 Å². The SMILES string of the molecule is CC(C)(C)N(CCNC(=O)c1cnn2c1CN=C(c1ccccc1F)c1cc(Cl)ccc1-2)C(=O)O. The van der Waals surface area contributed by atoms with Crippen LogP contribution < -0.4 is 5.32 Å². The molecule has 35 heavy (non-hydrogen) atoms. The fourth-order valence-corrected chi connectivity index (χ4v) is 4.19. The molecule has 3 aromatic rings. The summed E-state index contributed by atoms with van der Waals surface area (Å²) in [6.07, 6.45) is 0.391. The van der Waals surface area contributed by atoms with Crippen molar-refractivity contribution in [1.29, 1.82) is 0 Å². The Balaban J connectivity index is 1.65. The minimum Gasteiger partial charge on any atom is -0.465 e. The van der Waals surface area contributed by atoms with Gasteiger partial charge in [-0.25, -0.2) is 13.9 Å². The number of halogens is 2. The van der Waals surface area contributed by atoms with Crippen molar-refractivity contribution in [3.8, 4) is 5.69 Å². The molecule has 8 nitrogen and oxygen atoms in total. The van der Waals surface area contributed by atoms with E-state index in [0.717, 1.165) is 0 Å². The van der Waals surface area contributed by atoms with Crippen molar-refractivity contribution in [3.05, 3.63) is 81.9 Å². The number of carboxylic acid groups (broad SMARTS) is 1. The number of benzene rings is 2. The highest BCUT2D eigenvalue weighted by molar-refractivity contribution is 6.31. The number of fused-ring (bicyclic) bond motifs is 3. The molecular weight excluding hydrogens is 473 g/mol. The number of nitrogens with one attached hydrogen (secondary N) is 1. The molecule has 0 spiro atoms. The molecule has 0 unspecified atom stereocenters. The second kappa shape index (κ2) is 9.50. The molecule has 1 aliphatic rings. The number of aromatic nitrogens is 2. The van der Waals surface area contributed by atoms with Crippen LogP contribution in [0.15, 0.2) is 53.7 Å². The van der Waals surface area contributed by atoms with Crippen molar-refractivity contribution in [1.82, 2.24) is 20.0 Å². The molecule has 0 saturated heterocycles. The minimum absolute atomic E-state index is 0.0853. The van der Waals surface area contributed by atoms with Gasteiger partial charge in [0.25, 0.3) is 5.91 Å². The van der Waals surface area contributed by atoms with Gasteiger partial charge in [-0.1, -0.05) is 23.7 Å². The van der Waals surface area contributed by atoms with Crippen LogP contribution in [0, 0.1) is 5.82 Å². The number of rotatable bonds is 5. The summed E-state index contributed by atoms with van der Waals surface area (Å²) >= 11 is 6.25. The van der Waals surface area contributed by atoms with Crippen LogP contribution in [0.25, 0.3) is 5.69 Å². The quantitative estimate of drug-likeness (QED) is 0.541. The van der Waals surface area contributed by atoms with Crippen LogP contribution in [0.3, 0.4) is 0 Å². The van der Waals surface area contributed by atoms with Crippen LogP contribution in [0.5, 0.6) is 0 Å². The number of carbonyl (C=O) groups excluding carboxylic acids is 1. The van der Waals surface area contributed by atoms with E-state index in [1.54, 1.807) is 61.9 Å². The van der Waals surface area contributed by atoms with Gasteiger partial charge in [0, 0.05) is 34.8 Å². The van der Waals surface area contributed by atoms with Crippen LogP contribution in [-0.4, -0.2) is 56.1 Å². The van der Waals surface area contributed by atoms with Gasteiger partial charge in [-0.15, -0.1) is 0 Å². The van der Waals surface area contributed by atoms with E-state index in [1.807, 2.05) is 0 Å². The predicted molar refractivity (Wildman–Crippen MR) is 131 cm³/mol. The van der Waals surface area contributed by atoms with Crippen LogP contribution in [-0.2, 0) is 6.54 Å². The predicted octanol–water partition coefficient (Wildman–Crippen LogP) is 4.52. The summed E-state index contributed by atoms with van der Waals surface area (Å²) in [5.74, 6) is -0.818. The Kier molecular flexibility index (Phi) is 6.62. The lowest BCUT2D eigenvalue weighted by molar-refractivity contribution is 0.0891. The van der Waals surface area contributed by atoms with E-state index in [4.69, 9.17) is 11.6 Å². The maximum atomic E-state index is 14.7. The zero-order chi connectivity index (χ0) is 25.3. The highest BCUT2D eigenvalue weighted by Crippen LogP contribution is 2.29. The fourth-order valence-electron chi connectivity index (χ4n) is 4.02. The molecule has 0 bridgehead atoms. The van der Waals surface area contributed by atoms with Gasteiger partial charge in [0.05, 0.1) is 35.4 Å². The lowest BCUT2D eigenvalue weighted by Gasteiger charge is -2.33. The van der Waals surface area contributed by atoms with Gasteiger partial charge in [-0.2, -0.15) is 5.10 Å². The number of hydrogen-bond acceptors (Lipinski definition) is 4. The standard InChI is InChI=1S/C25H25ClFN5O3/c1-25(2,3)31(24(34)35)11-10-28-23(33)18-13-30-32-20-9-8-15(26)12-17(20)22(29-14-21(18)32)16-6-4-5-7-19(16)27/h4-9,12-13H,10-11,14H2,1-3H3,(H,28,33)(H,34,35). The third-order valence-electron chi connectivity index (χ3n) is 5.73. The molecule has 1 aliphatic heterocycles. The number of carbonyl (C=O) groups is 2. The number of hydrogen-bond donors (Lipinski definition) is 2. The topological polar surface area (TPSA) is 99.8 Å². The monoisotopic (exact) mass is 497 g/mol. The second-order valence-corrected chi connectivity index (χ2v) is 9.52. The highest BCUT2D eigenvalue weighted by Gasteiger charge is 2.27. The van der Waals surface area contributed by atoms with E-state index in [1.165, 1.54) is 17.2 Å². The van der Waals surface area contributed by atoms with Crippen molar-refractivity contribution in [3.63, 3.8) is 0 Å². The number of amides is 2. The summed E-state index contributed by atoms with van der Waals surface area (Å²) in [5, 5.41) is 17.1. The summed E-state index contributed by atoms with van der Waals surface area (Å²) < 4.78 is 16.3. The first-order chi connectivity index (χ1) is 16.6. The Morgan fingerprint density at radius 2 is 1.94 bits per heavy atom. The summed E-state index contributed by atoms with van der Waals surface area (Å²) in [4.78, 5) is 30.5.